The third-order valence-electron chi connectivity index (χ3n) is 3.03. The Morgan fingerprint density at radius 1 is 1.35 bits per heavy atom. The fourth-order valence-electron chi connectivity index (χ4n) is 1.91. The van der Waals surface area contributed by atoms with Gasteiger partial charge in [0.15, 0.2) is 6.19 Å². The summed E-state index contributed by atoms with van der Waals surface area (Å²) >= 11 is 0. The highest BCUT2D eigenvalue weighted by molar-refractivity contribution is 5.21. The van der Waals surface area contributed by atoms with Crippen molar-refractivity contribution in [2.75, 3.05) is 6.54 Å². The molecule has 1 aromatic rings. The minimum atomic E-state index is -0.0720. The van der Waals surface area contributed by atoms with Crippen molar-refractivity contribution in [3.63, 3.8) is 0 Å². The fraction of sp³-hybridized carbons (Fsp3) is 0.389. The van der Waals surface area contributed by atoms with Crippen LogP contribution in [0.2, 0.25) is 0 Å². The monoisotopic (exact) mass is 266 g/mol. The highest BCUT2D eigenvalue weighted by Gasteiger charge is 2.14. The van der Waals surface area contributed by atoms with Crippen molar-refractivity contribution in [1.82, 2.24) is 4.90 Å². The zero-order valence-corrected chi connectivity index (χ0v) is 12.2. The predicted molar refractivity (Wildman–Crippen MR) is 83.8 cm³/mol. The molecule has 0 aliphatic heterocycles. The quantitative estimate of drug-likeness (QED) is 0.247. The van der Waals surface area contributed by atoms with E-state index in [1.807, 2.05) is 18.2 Å². The molecule has 1 aromatic carbocycles. The molecule has 0 spiro atoms. The van der Waals surface area contributed by atoms with E-state index in [0.717, 1.165) is 25.7 Å². The summed E-state index contributed by atoms with van der Waals surface area (Å²) in [4.78, 5) is 1.69. The zero-order valence-electron chi connectivity index (χ0n) is 12.2. The van der Waals surface area contributed by atoms with Gasteiger partial charge in [0, 0.05) is 19.4 Å². The van der Waals surface area contributed by atoms with Crippen LogP contribution in [0.25, 0.3) is 0 Å². The summed E-state index contributed by atoms with van der Waals surface area (Å²) < 4.78 is 0. The molecule has 0 saturated carbocycles. The first-order chi connectivity index (χ1) is 9.81. The van der Waals surface area contributed by atoms with Crippen LogP contribution in [0.15, 0.2) is 43.0 Å². The maximum atomic E-state index is 9.27. The van der Waals surface area contributed by atoms with Gasteiger partial charge in [-0.2, -0.15) is 5.26 Å². The minimum Gasteiger partial charge on any atom is -0.292 e. The first kappa shape index (κ1) is 15.9. The maximum Gasteiger partial charge on any atom is 0.180 e. The zero-order chi connectivity index (χ0) is 14.6. The van der Waals surface area contributed by atoms with Gasteiger partial charge in [-0.1, -0.05) is 55.7 Å². The molecular formula is C18H22N2. The lowest BCUT2D eigenvalue weighted by Gasteiger charge is -2.21. The number of unbranched alkanes of at least 4 members (excludes halogenated alkanes) is 2. The van der Waals surface area contributed by atoms with Crippen LogP contribution < -0.4 is 0 Å². The second kappa shape index (κ2) is 9.70. The summed E-state index contributed by atoms with van der Waals surface area (Å²) in [5.74, 6) is 6.45. The molecule has 0 bridgehead atoms. The molecule has 0 aromatic heterocycles. The second-order valence-electron chi connectivity index (χ2n) is 4.67. The molecule has 0 saturated heterocycles. The molecule has 0 aliphatic carbocycles. The lowest BCUT2D eigenvalue weighted by Crippen LogP contribution is -2.32. The maximum absolute atomic E-state index is 9.27. The molecule has 1 rings (SSSR count). The fourth-order valence-corrected chi connectivity index (χ4v) is 1.91. The molecule has 1 atom stereocenters. The van der Waals surface area contributed by atoms with Gasteiger partial charge in [0.25, 0.3) is 0 Å². The summed E-state index contributed by atoms with van der Waals surface area (Å²) in [6.07, 6.45) is 7.89. The minimum absolute atomic E-state index is 0.0720. The van der Waals surface area contributed by atoms with Gasteiger partial charge in [0.05, 0.1) is 0 Å². The van der Waals surface area contributed by atoms with Crippen LogP contribution in [-0.4, -0.2) is 17.5 Å². The Labute approximate surface area is 122 Å². The number of rotatable bonds is 7. The van der Waals surface area contributed by atoms with E-state index in [2.05, 4.69) is 43.7 Å². The molecule has 0 aliphatic rings. The largest absolute Gasteiger partial charge is 0.292 e. The van der Waals surface area contributed by atoms with Crippen LogP contribution in [-0.2, 0) is 6.42 Å². The molecule has 0 fully saturated rings. The van der Waals surface area contributed by atoms with Gasteiger partial charge in [-0.3, -0.25) is 4.90 Å². The van der Waals surface area contributed by atoms with E-state index in [0.29, 0.717) is 6.54 Å². The number of hydrogen-bond acceptors (Lipinski definition) is 2. The van der Waals surface area contributed by atoms with Crippen LogP contribution in [0.5, 0.6) is 0 Å². The van der Waals surface area contributed by atoms with Crippen molar-refractivity contribution in [3.8, 4) is 18.0 Å². The Hall–Kier alpha value is -2.19. The summed E-state index contributed by atoms with van der Waals surface area (Å²) in [6, 6.07) is 10.1. The van der Waals surface area contributed by atoms with Crippen LogP contribution in [0, 0.1) is 23.3 Å². The molecular weight excluding hydrogens is 244 g/mol. The first-order valence-corrected chi connectivity index (χ1v) is 7.11. The Morgan fingerprint density at radius 3 is 2.70 bits per heavy atom. The van der Waals surface area contributed by atoms with E-state index >= 15 is 0 Å². The summed E-state index contributed by atoms with van der Waals surface area (Å²) in [5, 5.41) is 9.27. The Kier molecular flexibility index (Phi) is 7.70. The van der Waals surface area contributed by atoms with E-state index in [-0.39, 0.29) is 6.04 Å². The van der Waals surface area contributed by atoms with Gasteiger partial charge in [-0.25, -0.2) is 0 Å². The molecule has 0 radical (unpaired) electrons. The molecule has 104 valence electrons. The number of nitriles is 1. The summed E-state index contributed by atoms with van der Waals surface area (Å²) in [7, 11) is 0. The lowest BCUT2D eigenvalue weighted by atomic mass is 10.0. The first-order valence-electron chi connectivity index (χ1n) is 7.11. The Bertz CT molecular complexity index is 488. The smallest absolute Gasteiger partial charge is 0.180 e. The van der Waals surface area contributed by atoms with Gasteiger partial charge >= 0.3 is 0 Å². The lowest BCUT2D eigenvalue weighted by molar-refractivity contribution is 0.373. The third kappa shape index (κ3) is 5.63. The van der Waals surface area contributed by atoms with Gasteiger partial charge in [-0.05, 0) is 12.0 Å². The normalized spacial score (nSPS) is 10.8. The molecule has 0 amide bonds. The standard InChI is InChI=1S/C18H22N2/c1-3-5-6-10-13-18(20(16-19)14-4-2)15-17-11-8-7-9-12-17/h4,7-9,11-12,18H,2-3,5-6,14-15H2,1H3. The SMILES string of the molecule is C=CCN(C#N)C(C#CCCCC)Cc1ccccc1. The molecule has 0 N–H and O–H groups in total. The average molecular weight is 266 g/mol. The van der Waals surface area contributed by atoms with Crippen LogP contribution in [0.3, 0.4) is 0 Å². The van der Waals surface area contributed by atoms with Crippen LogP contribution in [0.4, 0.5) is 0 Å². The van der Waals surface area contributed by atoms with Crippen LogP contribution >= 0.6 is 0 Å². The predicted octanol–water partition coefficient (Wildman–Crippen LogP) is 3.76. The number of nitrogens with zero attached hydrogens (tertiary/aromatic N) is 2. The van der Waals surface area contributed by atoms with Gasteiger partial charge < -0.3 is 0 Å². The molecule has 1 unspecified atom stereocenters. The summed E-state index contributed by atoms with van der Waals surface area (Å²) in [5.41, 5.74) is 1.20. The van der Waals surface area contributed by atoms with Crippen molar-refractivity contribution in [2.45, 2.75) is 38.6 Å². The van der Waals surface area contributed by atoms with Crippen molar-refractivity contribution in [2.24, 2.45) is 0 Å². The van der Waals surface area contributed by atoms with Crippen molar-refractivity contribution in [3.05, 3.63) is 48.6 Å². The van der Waals surface area contributed by atoms with E-state index in [1.165, 1.54) is 5.56 Å². The highest BCUT2D eigenvalue weighted by Crippen LogP contribution is 2.08. The van der Waals surface area contributed by atoms with Gasteiger partial charge in [-0.15, -0.1) is 12.5 Å². The molecule has 2 nitrogen and oxygen atoms in total. The molecule has 0 heterocycles. The third-order valence-corrected chi connectivity index (χ3v) is 3.03. The van der Waals surface area contributed by atoms with E-state index in [4.69, 9.17) is 0 Å². The van der Waals surface area contributed by atoms with Gasteiger partial charge in [0.1, 0.15) is 6.04 Å². The summed E-state index contributed by atoms with van der Waals surface area (Å²) in [6.45, 7) is 6.40. The Balaban J connectivity index is 2.79. The second-order valence-corrected chi connectivity index (χ2v) is 4.67. The van der Waals surface area contributed by atoms with E-state index < -0.39 is 0 Å². The Morgan fingerprint density at radius 2 is 2.10 bits per heavy atom. The van der Waals surface area contributed by atoms with E-state index in [1.54, 1.807) is 11.0 Å². The molecule has 2 heteroatoms. The van der Waals surface area contributed by atoms with Crippen molar-refractivity contribution >= 4 is 0 Å². The van der Waals surface area contributed by atoms with E-state index in [9.17, 15) is 5.26 Å². The number of benzene rings is 1. The average Bonchev–Trinajstić information content (AvgIpc) is 2.49. The van der Waals surface area contributed by atoms with Crippen molar-refractivity contribution < 1.29 is 0 Å². The topological polar surface area (TPSA) is 27.0 Å². The van der Waals surface area contributed by atoms with Gasteiger partial charge in [0.2, 0.25) is 0 Å². The molecule has 20 heavy (non-hydrogen) atoms. The highest BCUT2D eigenvalue weighted by atomic mass is 15.1. The van der Waals surface area contributed by atoms with Crippen molar-refractivity contribution in [1.29, 1.82) is 5.26 Å². The van der Waals surface area contributed by atoms with Crippen LogP contribution in [0.1, 0.15) is 31.7 Å². The number of hydrogen-bond donors (Lipinski definition) is 0.